The van der Waals surface area contributed by atoms with Crippen LogP contribution in [-0.2, 0) is 11.3 Å². The molecule has 0 spiro atoms. The smallest absolute Gasteiger partial charge is 0.257 e. The fourth-order valence-corrected chi connectivity index (χ4v) is 3.08. The van der Waals surface area contributed by atoms with Gasteiger partial charge in [-0.05, 0) is 49.2 Å². The Morgan fingerprint density at radius 1 is 1.24 bits per heavy atom. The van der Waals surface area contributed by atoms with Gasteiger partial charge in [0.1, 0.15) is 5.76 Å². The highest BCUT2D eigenvalue weighted by atomic mass is 16.5. The topological polar surface area (TPSA) is 72.4 Å². The predicted octanol–water partition coefficient (Wildman–Crippen LogP) is 3.46. The van der Waals surface area contributed by atoms with Crippen LogP contribution in [0, 0.1) is 13.8 Å². The van der Waals surface area contributed by atoms with Crippen molar-refractivity contribution in [2.75, 3.05) is 6.54 Å². The molecule has 1 aromatic carbocycles. The molecule has 0 saturated carbocycles. The maximum absolute atomic E-state index is 12.2. The van der Waals surface area contributed by atoms with Crippen LogP contribution in [0.3, 0.4) is 0 Å². The summed E-state index contributed by atoms with van der Waals surface area (Å²) in [6, 6.07) is 9.74. The normalized spacial score (nSPS) is 17.4. The summed E-state index contributed by atoms with van der Waals surface area (Å²) >= 11 is 0. The lowest BCUT2D eigenvalue weighted by atomic mass is 10.1. The maximum Gasteiger partial charge on any atom is 0.257 e. The number of aromatic nitrogens is 2. The first-order chi connectivity index (χ1) is 12.1. The lowest BCUT2D eigenvalue weighted by Gasteiger charge is -2.13. The first-order valence-corrected chi connectivity index (χ1v) is 8.31. The number of furan rings is 1. The van der Waals surface area contributed by atoms with Gasteiger partial charge in [-0.25, -0.2) is 0 Å². The Morgan fingerprint density at radius 3 is 2.88 bits per heavy atom. The third kappa shape index (κ3) is 3.07. The number of aryl methyl sites for hydroxylation is 2. The van der Waals surface area contributed by atoms with Crippen molar-refractivity contribution in [3.8, 4) is 11.5 Å². The van der Waals surface area contributed by atoms with E-state index in [1.807, 2.05) is 30.3 Å². The van der Waals surface area contributed by atoms with Crippen LogP contribution in [0.4, 0.5) is 0 Å². The summed E-state index contributed by atoms with van der Waals surface area (Å²) in [6.45, 7) is 5.17. The Hall–Kier alpha value is -2.89. The van der Waals surface area contributed by atoms with Crippen molar-refractivity contribution >= 4 is 5.91 Å². The van der Waals surface area contributed by atoms with Crippen LogP contribution in [0.25, 0.3) is 11.5 Å². The first kappa shape index (κ1) is 15.6. The summed E-state index contributed by atoms with van der Waals surface area (Å²) < 4.78 is 10.7. The Morgan fingerprint density at radius 2 is 2.12 bits per heavy atom. The van der Waals surface area contributed by atoms with Crippen LogP contribution in [0.2, 0.25) is 0 Å². The summed E-state index contributed by atoms with van der Waals surface area (Å²) in [5, 5.41) is 4.10. The number of benzene rings is 1. The fraction of sp³-hybridized carbons (Fsp3) is 0.316. The van der Waals surface area contributed by atoms with Crippen molar-refractivity contribution in [2.45, 2.75) is 32.7 Å². The van der Waals surface area contributed by atoms with E-state index in [1.165, 1.54) is 11.1 Å². The SMILES string of the molecule is Cc1ccc(-c2nc(C3CC(=O)N(Cc4ccco4)C3)no2)cc1C. The summed E-state index contributed by atoms with van der Waals surface area (Å²) in [5.74, 6) is 1.89. The molecule has 6 nitrogen and oxygen atoms in total. The summed E-state index contributed by atoms with van der Waals surface area (Å²) in [4.78, 5) is 18.5. The first-order valence-electron chi connectivity index (χ1n) is 8.31. The van der Waals surface area contributed by atoms with Gasteiger partial charge in [-0.1, -0.05) is 11.2 Å². The third-order valence-electron chi connectivity index (χ3n) is 4.70. The molecule has 1 amide bonds. The number of nitrogens with zero attached hydrogens (tertiary/aromatic N) is 3. The fourth-order valence-electron chi connectivity index (χ4n) is 3.08. The number of hydrogen-bond acceptors (Lipinski definition) is 5. The van der Waals surface area contributed by atoms with Crippen LogP contribution in [0.15, 0.2) is 45.5 Å². The molecule has 0 aliphatic carbocycles. The monoisotopic (exact) mass is 337 g/mol. The van der Waals surface area contributed by atoms with Crippen molar-refractivity contribution in [2.24, 2.45) is 0 Å². The van der Waals surface area contributed by atoms with E-state index in [0.29, 0.717) is 31.2 Å². The standard InChI is InChI=1S/C19H19N3O3/c1-12-5-6-14(8-13(12)2)19-20-18(21-25-19)15-9-17(23)22(10-15)11-16-4-3-7-24-16/h3-8,15H,9-11H2,1-2H3. The van der Waals surface area contributed by atoms with Crippen molar-refractivity contribution in [3.05, 3.63) is 59.3 Å². The van der Waals surface area contributed by atoms with Crippen LogP contribution in [-0.4, -0.2) is 27.5 Å². The zero-order chi connectivity index (χ0) is 17.4. The van der Waals surface area contributed by atoms with E-state index in [-0.39, 0.29) is 11.8 Å². The third-order valence-corrected chi connectivity index (χ3v) is 4.70. The van der Waals surface area contributed by atoms with Crippen molar-refractivity contribution in [1.82, 2.24) is 15.0 Å². The van der Waals surface area contributed by atoms with Gasteiger partial charge in [0.25, 0.3) is 5.89 Å². The lowest BCUT2D eigenvalue weighted by Crippen LogP contribution is -2.24. The van der Waals surface area contributed by atoms with E-state index in [1.54, 1.807) is 11.2 Å². The summed E-state index contributed by atoms with van der Waals surface area (Å²) in [5.41, 5.74) is 3.30. The zero-order valence-electron chi connectivity index (χ0n) is 14.2. The van der Waals surface area contributed by atoms with E-state index in [2.05, 4.69) is 24.0 Å². The molecule has 1 unspecified atom stereocenters. The second-order valence-corrected chi connectivity index (χ2v) is 6.51. The molecule has 0 bridgehead atoms. The quantitative estimate of drug-likeness (QED) is 0.729. The molecule has 2 aromatic heterocycles. The summed E-state index contributed by atoms with van der Waals surface area (Å²) in [6.07, 6.45) is 2.01. The molecule has 25 heavy (non-hydrogen) atoms. The van der Waals surface area contributed by atoms with Gasteiger partial charge in [0.2, 0.25) is 5.91 Å². The van der Waals surface area contributed by atoms with Gasteiger partial charge in [-0.2, -0.15) is 4.98 Å². The van der Waals surface area contributed by atoms with E-state index < -0.39 is 0 Å². The molecule has 1 atom stereocenters. The molecule has 1 aliphatic heterocycles. The number of carbonyl (C=O) groups is 1. The molecule has 3 heterocycles. The maximum atomic E-state index is 12.2. The minimum Gasteiger partial charge on any atom is -0.467 e. The van der Waals surface area contributed by atoms with Crippen molar-refractivity contribution in [1.29, 1.82) is 0 Å². The van der Waals surface area contributed by atoms with Gasteiger partial charge in [-0.15, -0.1) is 0 Å². The van der Waals surface area contributed by atoms with Gasteiger partial charge in [0.05, 0.1) is 12.8 Å². The second kappa shape index (κ2) is 6.20. The number of amides is 1. The summed E-state index contributed by atoms with van der Waals surface area (Å²) in [7, 11) is 0. The average Bonchev–Trinajstić information content (AvgIpc) is 3.32. The van der Waals surface area contributed by atoms with Gasteiger partial charge >= 0.3 is 0 Å². The molecule has 0 N–H and O–H groups in total. The Labute approximate surface area is 145 Å². The van der Waals surface area contributed by atoms with Gasteiger partial charge in [0.15, 0.2) is 5.82 Å². The van der Waals surface area contributed by atoms with E-state index >= 15 is 0 Å². The minimum absolute atomic E-state index is 0.0495. The highest BCUT2D eigenvalue weighted by Gasteiger charge is 2.34. The molecule has 1 fully saturated rings. The number of hydrogen-bond donors (Lipinski definition) is 0. The van der Waals surface area contributed by atoms with Crippen LogP contribution >= 0.6 is 0 Å². The van der Waals surface area contributed by atoms with Gasteiger partial charge in [-0.3, -0.25) is 4.79 Å². The molecule has 3 aromatic rings. The Bertz CT molecular complexity index is 899. The minimum atomic E-state index is -0.0495. The van der Waals surface area contributed by atoms with Gasteiger partial charge in [0, 0.05) is 24.4 Å². The molecule has 1 aliphatic rings. The molecular weight excluding hydrogens is 318 g/mol. The van der Waals surface area contributed by atoms with E-state index in [0.717, 1.165) is 11.3 Å². The largest absolute Gasteiger partial charge is 0.467 e. The molecule has 4 rings (SSSR count). The van der Waals surface area contributed by atoms with E-state index in [9.17, 15) is 4.79 Å². The van der Waals surface area contributed by atoms with Crippen molar-refractivity contribution in [3.63, 3.8) is 0 Å². The molecule has 0 radical (unpaired) electrons. The number of likely N-dealkylation sites (tertiary alicyclic amines) is 1. The Balaban J connectivity index is 1.50. The van der Waals surface area contributed by atoms with Crippen LogP contribution in [0.5, 0.6) is 0 Å². The zero-order valence-corrected chi connectivity index (χ0v) is 14.2. The lowest BCUT2D eigenvalue weighted by molar-refractivity contribution is -0.128. The van der Waals surface area contributed by atoms with Crippen LogP contribution < -0.4 is 0 Å². The van der Waals surface area contributed by atoms with Crippen LogP contribution in [0.1, 0.15) is 35.1 Å². The highest BCUT2D eigenvalue weighted by molar-refractivity contribution is 5.79. The highest BCUT2D eigenvalue weighted by Crippen LogP contribution is 2.29. The Kier molecular flexibility index (Phi) is 3.87. The van der Waals surface area contributed by atoms with E-state index in [4.69, 9.17) is 8.94 Å². The number of rotatable bonds is 4. The molecule has 128 valence electrons. The van der Waals surface area contributed by atoms with Gasteiger partial charge < -0.3 is 13.8 Å². The molecular formula is C19H19N3O3. The van der Waals surface area contributed by atoms with Crippen molar-refractivity contribution < 1.29 is 13.7 Å². The molecule has 1 saturated heterocycles. The average molecular weight is 337 g/mol. The second-order valence-electron chi connectivity index (χ2n) is 6.51. The number of carbonyl (C=O) groups excluding carboxylic acids is 1. The predicted molar refractivity (Wildman–Crippen MR) is 90.7 cm³/mol. The molecule has 6 heteroatoms.